The molecule has 0 radical (unpaired) electrons. The summed E-state index contributed by atoms with van der Waals surface area (Å²) in [6.07, 6.45) is 2.24. The molecule has 1 aliphatic rings. The molecular weight excluding hydrogens is 194 g/mol. The second-order valence-electron chi connectivity index (χ2n) is 4.14. The number of hydrogen-bond acceptors (Lipinski definition) is 4. The van der Waals surface area contributed by atoms with Gasteiger partial charge in [-0.15, -0.1) is 0 Å². The first-order valence-electron chi connectivity index (χ1n) is 5.39. The molecule has 5 heteroatoms. The molecule has 1 unspecified atom stereocenters. The Hall–Kier alpha value is -0.810. The summed E-state index contributed by atoms with van der Waals surface area (Å²) in [4.78, 5) is 2.24. The molecule has 88 valence electrons. The Bertz CT molecular complexity index is 213. The fourth-order valence-electron chi connectivity index (χ4n) is 2.01. The number of oxime groups is 1. The van der Waals surface area contributed by atoms with Crippen molar-refractivity contribution in [1.29, 1.82) is 0 Å². The van der Waals surface area contributed by atoms with Gasteiger partial charge in [0, 0.05) is 13.7 Å². The maximum Gasteiger partial charge on any atom is 0.156 e. The van der Waals surface area contributed by atoms with Crippen molar-refractivity contribution in [2.24, 2.45) is 16.8 Å². The molecule has 1 atom stereocenters. The zero-order chi connectivity index (χ0) is 11.3. The Kier molecular flexibility index (Phi) is 4.84. The van der Waals surface area contributed by atoms with E-state index in [2.05, 4.69) is 10.1 Å². The highest BCUT2D eigenvalue weighted by atomic mass is 16.5. The molecule has 0 aromatic rings. The Morgan fingerprint density at radius 1 is 1.60 bits per heavy atom. The van der Waals surface area contributed by atoms with Gasteiger partial charge in [-0.05, 0) is 38.8 Å². The molecule has 0 aromatic heterocycles. The summed E-state index contributed by atoms with van der Waals surface area (Å²) in [5, 5.41) is 11.6. The van der Waals surface area contributed by atoms with Gasteiger partial charge in [-0.1, -0.05) is 5.16 Å². The number of hydrogen-bond donors (Lipinski definition) is 2. The van der Waals surface area contributed by atoms with Crippen molar-refractivity contribution in [3.8, 4) is 0 Å². The monoisotopic (exact) mass is 215 g/mol. The van der Waals surface area contributed by atoms with Gasteiger partial charge in [0.15, 0.2) is 5.84 Å². The fraction of sp³-hybridized carbons (Fsp3) is 0.900. The lowest BCUT2D eigenvalue weighted by Crippen LogP contribution is -2.47. The van der Waals surface area contributed by atoms with E-state index in [9.17, 15) is 0 Å². The van der Waals surface area contributed by atoms with Gasteiger partial charge in [-0.25, -0.2) is 0 Å². The van der Waals surface area contributed by atoms with Crippen molar-refractivity contribution in [3.63, 3.8) is 0 Å². The average Bonchev–Trinajstić information content (AvgIpc) is 2.28. The van der Waals surface area contributed by atoms with Crippen molar-refractivity contribution >= 4 is 5.84 Å². The molecule has 0 aromatic carbocycles. The zero-order valence-electron chi connectivity index (χ0n) is 9.52. The second-order valence-corrected chi connectivity index (χ2v) is 4.14. The lowest BCUT2D eigenvalue weighted by molar-refractivity contribution is 0.0938. The first-order chi connectivity index (χ1) is 7.19. The van der Waals surface area contributed by atoms with Crippen LogP contribution in [0.2, 0.25) is 0 Å². The summed E-state index contributed by atoms with van der Waals surface area (Å²) in [5.74, 6) is 0.950. The minimum atomic E-state index is 0.0264. The highest BCUT2D eigenvalue weighted by Gasteiger charge is 2.24. The molecular formula is C10H21N3O2. The van der Waals surface area contributed by atoms with Crippen molar-refractivity contribution in [3.05, 3.63) is 0 Å². The van der Waals surface area contributed by atoms with Crippen LogP contribution in [0.1, 0.15) is 19.8 Å². The highest BCUT2D eigenvalue weighted by Crippen LogP contribution is 2.18. The zero-order valence-corrected chi connectivity index (χ0v) is 9.52. The van der Waals surface area contributed by atoms with Gasteiger partial charge < -0.3 is 15.7 Å². The van der Waals surface area contributed by atoms with Crippen LogP contribution in [0.5, 0.6) is 0 Å². The predicted molar refractivity (Wildman–Crippen MR) is 59.0 cm³/mol. The predicted octanol–water partition coefficient (Wildman–Crippen LogP) is 0.480. The lowest BCUT2D eigenvalue weighted by atomic mass is 9.96. The van der Waals surface area contributed by atoms with Crippen LogP contribution in [0, 0.1) is 5.92 Å². The van der Waals surface area contributed by atoms with Gasteiger partial charge in [-0.3, -0.25) is 4.90 Å². The normalized spacial score (nSPS) is 22.9. The van der Waals surface area contributed by atoms with Crippen LogP contribution in [0.15, 0.2) is 5.16 Å². The Balaban J connectivity index is 2.36. The molecule has 0 bridgehead atoms. The number of amidine groups is 1. The number of ether oxygens (including phenoxy) is 1. The van der Waals surface area contributed by atoms with Crippen molar-refractivity contribution in [1.82, 2.24) is 4.90 Å². The fourth-order valence-corrected chi connectivity index (χ4v) is 2.01. The molecule has 0 amide bonds. The van der Waals surface area contributed by atoms with Gasteiger partial charge in [0.1, 0.15) is 0 Å². The molecule has 1 aliphatic heterocycles. The summed E-state index contributed by atoms with van der Waals surface area (Å²) in [5.41, 5.74) is 5.57. The Morgan fingerprint density at radius 2 is 2.20 bits per heavy atom. The molecule has 1 fully saturated rings. The topological polar surface area (TPSA) is 71.1 Å². The van der Waals surface area contributed by atoms with Crippen LogP contribution >= 0.6 is 0 Å². The first-order valence-corrected chi connectivity index (χ1v) is 5.39. The maximum atomic E-state index is 8.59. The minimum Gasteiger partial charge on any atom is -0.409 e. The second kappa shape index (κ2) is 5.92. The van der Waals surface area contributed by atoms with Crippen LogP contribution in [-0.2, 0) is 4.74 Å². The van der Waals surface area contributed by atoms with E-state index < -0.39 is 0 Å². The van der Waals surface area contributed by atoms with Gasteiger partial charge in [-0.2, -0.15) is 0 Å². The number of nitrogens with two attached hydrogens (primary N) is 1. The van der Waals surface area contributed by atoms with Crippen molar-refractivity contribution in [2.75, 3.05) is 26.8 Å². The molecule has 1 saturated heterocycles. The van der Waals surface area contributed by atoms with Crippen LogP contribution < -0.4 is 5.73 Å². The molecule has 0 saturated carbocycles. The summed E-state index contributed by atoms with van der Waals surface area (Å²) in [6, 6.07) is 0.0264. The van der Waals surface area contributed by atoms with Crippen molar-refractivity contribution in [2.45, 2.75) is 25.8 Å². The van der Waals surface area contributed by atoms with Gasteiger partial charge >= 0.3 is 0 Å². The number of piperidine rings is 1. The van der Waals surface area contributed by atoms with Crippen LogP contribution in [0.4, 0.5) is 0 Å². The van der Waals surface area contributed by atoms with Gasteiger partial charge in [0.05, 0.1) is 6.04 Å². The van der Waals surface area contributed by atoms with Crippen LogP contribution in [0.3, 0.4) is 0 Å². The summed E-state index contributed by atoms with van der Waals surface area (Å²) in [7, 11) is 1.74. The molecule has 15 heavy (non-hydrogen) atoms. The molecule has 5 nitrogen and oxygen atoms in total. The van der Waals surface area contributed by atoms with Crippen LogP contribution in [0.25, 0.3) is 0 Å². The number of likely N-dealkylation sites (tertiary alicyclic amines) is 1. The SMILES string of the molecule is COCC1CCN(C(C)C(N)=NO)CC1. The summed E-state index contributed by atoms with van der Waals surface area (Å²) in [6.45, 7) is 4.79. The molecule has 0 aliphatic carbocycles. The van der Waals surface area contributed by atoms with E-state index in [0.29, 0.717) is 11.8 Å². The molecule has 1 heterocycles. The standard InChI is InChI=1S/C10H21N3O2/c1-8(10(11)12-14)13-5-3-9(4-6-13)7-15-2/h8-9,14H,3-7H2,1-2H3,(H2,11,12). The molecule has 0 spiro atoms. The van der Waals surface area contributed by atoms with Gasteiger partial charge in [0.25, 0.3) is 0 Å². The third kappa shape index (κ3) is 3.35. The Labute approximate surface area is 90.9 Å². The van der Waals surface area contributed by atoms with Crippen LogP contribution in [-0.4, -0.2) is 48.8 Å². The van der Waals surface area contributed by atoms with E-state index in [4.69, 9.17) is 15.7 Å². The lowest BCUT2D eigenvalue weighted by Gasteiger charge is -2.35. The maximum absolute atomic E-state index is 8.59. The first kappa shape index (κ1) is 12.3. The highest BCUT2D eigenvalue weighted by molar-refractivity contribution is 5.84. The quantitative estimate of drug-likeness (QED) is 0.310. The third-order valence-corrected chi connectivity index (χ3v) is 3.14. The van der Waals surface area contributed by atoms with E-state index in [-0.39, 0.29) is 6.04 Å². The molecule has 1 rings (SSSR count). The summed E-state index contributed by atoms with van der Waals surface area (Å²) < 4.78 is 5.14. The number of rotatable bonds is 4. The number of methoxy groups -OCH3 is 1. The number of nitrogens with zero attached hydrogens (tertiary/aromatic N) is 2. The van der Waals surface area contributed by atoms with E-state index in [1.54, 1.807) is 7.11 Å². The van der Waals surface area contributed by atoms with E-state index in [1.165, 1.54) is 0 Å². The minimum absolute atomic E-state index is 0.0264. The largest absolute Gasteiger partial charge is 0.409 e. The van der Waals surface area contributed by atoms with Gasteiger partial charge in [0.2, 0.25) is 0 Å². The van der Waals surface area contributed by atoms with E-state index in [0.717, 1.165) is 32.5 Å². The third-order valence-electron chi connectivity index (χ3n) is 3.14. The molecule has 3 N–H and O–H groups in total. The van der Waals surface area contributed by atoms with Crippen molar-refractivity contribution < 1.29 is 9.94 Å². The smallest absolute Gasteiger partial charge is 0.156 e. The average molecular weight is 215 g/mol. The Morgan fingerprint density at radius 3 is 2.67 bits per heavy atom. The van der Waals surface area contributed by atoms with E-state index in [1.807, 2.05) is 6.92 Å². The van der Waals surface area contributed by atoms with E-state index >= 15 is 0 Å². The summed E-state index contributed by atoms with van der Waals surface area (Å²) >= 11 is 0.